The molecule has 0 saturated heterocycles. The summed E-state index contributed by atoms with van der Waals surface area (Å²) >= 11 is 0. The van der Waals surface area contributed by atoms with Crippen LogP contribution in [0.3, 0.4) is 0 Å². The summed E-state index contributed by atoms with van der Waals surface area (Å²) in [6, 6.07) is 7.64. The summed E-state index contributed by atoms with van der Waals surface area (Å²) in [4.78, 5) is 13.2. The van der Waals surface area contributed by atoms with Crippen LogP contribution >= 0.6 is 0 Å². The average Bonchev–Trinajstić information content (AvgIpc) is 2.37. The maximum absolute atomic E-state index is 11.6. The molecule has 2 atom stereocenters. The Kier molecular flexibility index (Phi) is 5.16. The van der Waals surface area contributed by atoms with E-state index in [1.165, 1.54) is 4.90 Å². The Morgan fingerprint density at radius 3 is 2.33 bits per heavy atom. The van der Waals surface area contributed by atoms with Crippen molar-refractivity contribution in [1.29, 1.82) is 0 Å². The third-order valence-electron chi connectivity index (χ3n) is 2.85. The van der Waals surface area contributed by atoms with Crippen LogP contribution < -0.4 is 10.5 Å². The fourth-order valence-electron chi connectivity index (χ4n) is 1.65. The van der Waals surface area contributed by atoms with Crippen LogP contribution in [0.25, 0.3) is 0 Å². The number of likely N-dealkylation sites (N-methyl/N-ethyl adjacent to an activating group) is 1. The van der Waals surface area contributed by atoms with Crippen molar-refractivity contribution in [2.75, 3.05) is 14.1 Å². The van der Waals surface area contributed by atoms with E-state index in [1.54, 1.807) is 21.0 Å². The lowest BCUT2D eigenvalue weighted by atomic mass is 10.1. The van der Waals surface area contributed by atoms with Crippen molar-refractivity contribution in [1.82, 2.24) is 4.90 Å². The van der Waals surface area contributed by atoms with Crippen molar-refractivity contribution in [2.45, 2.75) is 32.4 Å². The van der Waals surface area contributed by atoms with Crippen molar-refractivity contribution in [3.05, 3.63) is 29.8 Å². The SMILES string of the molecule is CC[C@@H](N)c1ccc(OC(C)C(=O)N(C)C)cc1. The molecule has 0 aliphatic heterocycles. The molecule has 1 aromatic rings. The second kappa shape index (κ2) is 6.40. The summed E-state index contributed by atoms with van der Waals surface area (Å²) in [5.74, 6) is 0.633. The standard InChI is InChI=1S/C14H22N2O2/c1-5-13(15)11-6-8-12(9-7-11)18-10(2)14(17)16(3)4/h6-10,13H,5,15H2,1-4H3/t10?,13-/m1/s1. The lowest BCUT2D eigenvalue weighted by Gasteiger charge is -2.18. The number of rotatable bonds is 5. The van der Waals surface area contributed by atoms with Crippen LogP contribution in [0.2, 0.25) is 0 Å². The van der Waals surface area contributed by atoms with Gasteiger partial charge in [-0.25, -0.2) is 0 Å². The van der Waals surface area contributed by atoms with Crippen LogP contribution in [-0.4, -0.2) is 31.0 Å². The number of carbonyl (C=O) groups is 1. The van der Waals surface area contributed by atoms with Gasteiger partial charge in [-0.05, 0) is 31.0 Å². The maximum Gasteiger partial charge on any atom is 0.262 e. The summed E-state index contributed by atoms with van der Waals surface area (Å²) < 4.78 is 5.57. The van der Waals surface area contributed by atoms with E-state index in [2.05, 4.69) is 0 Å². The Morgan fingerprint density at radius 2 is 1.89 bits per heavy atom. The monoisotopic (exact) mass is 250 g/mol. The number of nitrogens with zero attached hydrogens (tertiary/aromatic N) is 1. The van der Waals surface area contributed by atoms with Gasteiger partial charge in [0.15, 0.2) is 6.10 Å². The van der Waals surface area contributed by atoms with Gasteiger partial charge in [-0.3, -0.25) is 4.79 Å². The van der Waals surface area contributed by atoms with Crippen LogP contribution in [0.15, 0.2) is 24.3 Å². The summed E-state index contributed by atoms with van der Waals surface area (Å²) in [6.07, 6.45) is 0.418. The minimum absolute atomic E-state index is 0.0515. The van der Waals surface area contributed by atoms with E-state index < -0.39 is 6.10 Å². The van der Waals surface area contributed by atoms with Crippen LogP contribution in [-0.2, 0) is 4.79 Å². The quantitative estimate of drug-likeness (QED) is 0.869. The Balaban J connectivity index is 2.66. The third-order valence-corrected chi connectivity index (χ3v) is 2.85. The van der Waals surface area contributed by atoms with Crippen molar-refractivity contribution < 1.29 is 9.53 Å². The van der Waals surface area contributed by atoms with E-state index in [4.69, 9.17) is 10.5 Å². The molecule has 0 spiro atoms. The lowest BCUT2D eigenvalue weighted by molar-refractivity contribution is -0.135. The molecule has 2 N–H and O–H groups in total. The molecule has 1 rings (SSSR count). The number of hydrogen-bond donors (Lipinski definition) is 1. The molecule has 1 amide bonds. The largest absolute Gasteiger partial charge is 0.481 e. The molecule has 0 radical (unpaired) electrons. The van der Waals surface area contributed by atoms with Gasteiger partial charge in [0.05, 0.1) is 0 Å². The molecule has 4 nitrogen and oxygen atoms in total. The highest BCUT2D eigenvalue weighted by molar-refractivity contribution is 5.80. The average molecular weight is 250 g/mol. The summed E-state index contributed by atoms with van der Waals surface area (Å²) in [7, 11) is 3.43. The Morgan fingerprint density at radius 1 is 1.33 bits per heavy atom. The van der Waals surface area contributed by atoms with E-state index in [9.17, 15) is 4.79 Å². The molecule has 1 aromatic carbocycles. The molecule has 1 unspecified atom stereocenters. The normalized spacial score (nSPS) is 13.8. The van der Waals surface area contributed by atoms with Crippen LogP contribution in [0.5, 0.6) is 5.75 Å². The lowest BCUT2D eigenvalue weighted by Crippen LogP contribution is -2.35. The molecule has 4 heteroatoms. The van der Waals surface area contributed by atoms with Crippen molar-refractivity contribution in [3.63, 3.8) is 0 Å². The van der Waals surface area contributed by atoms with E-state index in [-0.39, 0.29) is 11.9 Å². The highest BCUT2D eigenvalue weighted by Gasteiger charge is 2.16. The van der Waals surface area contributed by atoms with Gasteiger partial charge in [0, 0.05) is 20.1 Å². The smallest absolute Gasteiger partial charge is 0.262 e. The molecule has 0 saturated carbocycles. The van der Waals surface area contributed by atoms with Crippen molar-refractivity contribution >= 4 is 5.91 Å². The van der Waals surface area contributed by atoms with Gasteiger partial charge in [0.2, 0.25) is 0 Å². The second-order valence-corrected chi connectivity index (χ2v) is 4.58. The summed E-state index contributed by atoms with van der Waals surface area (Å²) in [6.45, 7) is 3.79. The van der Waals surface area contributed by atoms with Gasteiger partial charge in [-0.2, -0.15) is 0 Å². The second-order valence-electron chi connectivity index (χ2n) is 4.58. The predicted molar refractivity (Wildman–Crippen MR) is 72.4 cm³/mol. The number of ether oxygens (including phenoxy) is 1. The number of nitrogens with two attached hydrogens (primary N) is 1. The van der Waals surface area contributed by atoms with Crippen molar-refractivity contribution in [3.8, 4) is 5.75 Å². The molecular formula is C14H22N2O2. The fraction of sp³-hybridized carbons (Fsp3) is 0.500. The van der Waals surface area contributed by atoms with Crippen LogP contribution in [0, 0.1) is 0 Å². The minimum Gasteiger partial charge on any atom is -0.481 e. The molecular weight excluding hydrogens is 228 g/mol. The third kappa shape index (κ3) is 3.74. The molecule has 0 bridgehead atoms. The van der Waals surface area contributed by atoms with Crippen LogP contribution in [0.4, 0.5) is 0 Å². The highest BCUT2D eigenvalue weighted by Crippen LogP contribution is 2.19. The predicted octanol–water partition coefficient (Wildman–Crippen LogP) is 1.95. The minimum atomic E-state index is -0.481. The van der Waals surface area contributed by atoms with Gasteiger partial charge in [0.1, 0.15) is 5.75 Å². The van der Waals surface area contributed by atoms with Crippen LogP contribution in [0.1, 0.15) is 31.9 Å². The van der Waals surface area contributed by atoms with Gasteiger partial charge in [-0.1, -0.05) is 19.1 Å². The first-order chi connectivity index (χ1) is 8.45. The van der Waals surface area contributed by atoms with Gasteiger partial charge in [-0.15, -0.1) is 0 Å². The Hall–Kier alpha value is -1.55. The number of benzene rings is 1. The zero-order valence-electron chi connectivity index (χ0n) is 11.5. The molecule has 18 heavy (non-hydrogen) atoms. The van der Waals surface area contributed by atoms with E-state index in [0.29, 0.717) is 5.75 Å². The van der Waals surface area contributed by atoms with Crippen molar-refractivity contribution in [2.24, 2.45) is 5.73 Å². The van der Waals surface area contributed by atoms with Gasteiger partial charge in [0.25, 0.3) is 5.91 Å². The zero-order valence-corrected chi connectivity index (χ0v) is 11.5. The van der Waals surface area contributed by atoms with Gasteiger partial charge < -0.3 is 15.4 Å². The maximum atomic E-state index is 11.6. The number of amides is 1. The molecule has 0 aliphatic rings. The Labute approximate surface area is 109 Å². The van der Waals surface area contributed by atoms with Gasteiger partial charge >= 0.3 is 0 Å². The molecule has 0 aliphatic carbocycles. The van der Waals surface area contributed by atoms with E-state index >= 15 is 0 Å². The summed E-state index contributed by atoms with van der Waals surface area (Å²) in [5, 5.41) is 0. The molecule has 100 valence electrons. The molecule has 0 aromatic heterocycles. The fourth-order valence-corrected chi connectivity index (χ4v) is 1.65. The first-order valence-corrected chi connectivity index (χ1v) is 6.19. The topological polar surface area (TPSA) is 55.6 Å². The first-order valence-electron chi connectivity index (χ1n) is 6.19. The number of hydrogen-bond acceptors (Lipinski definition) is 3. The first kappa shape index (κ1) is 14.5. The van der Waals surface area contributed by atoms with E-state index in [1.807, 2.05) is 31.2 Å². The number of carbonyl (C=O) groups excluding carboxylic acids is 1. The Bertz CT molecular complexity index is 387. The zero-order chi connectivity index (χ0) is 13.7. The molecule has 0 fully saturated rings. The molecule has 0 heterocycles. The van der Waals surface area contributed by atoms with E-state index in [0.717, 1.165) is 12.0 Å². The summed E-state index contributed by atoms with van der Waals surface area (Å²) in [5.41, 5.74) is 7.01. The highest BCUT2D eigenvalue weighted by atomic mass is 16.5.